The molecule has 1 aliphatic rings. The highest BCUT2D eigenvalue weighted by molar-refractivity contribution is 6.33. The van der Waals surface area contributed by atoms with Crippen molar-refractivity contribution in [3.05, 3.63) is 47.3 Å². The van der Waals surface area contributed by atoms with E-state index in [-0.39, 0.29) is 29.1 Å². The second kappa shape index (κ2) is 5.72. The summed E-state index contributed by atoms with van der Waals surface area (Å²) in [5, 5.41) is 10.6. The number of carbonyl (C=O) groups is 1. The van der Waals surface area contributed by atoms with E-state index in [1.54, 1.807) is 17.3 Å². The Balaban J connectivity index is 1.58. The van der Waals surface area contributed by atoms with Crippen LogP contribution < -0.4 is 4.90 Å². The molecule has 0 radical (unpaired) electrons. The second-order valence-electron chi connectivity index (χ2n) is 5.44. The summed E-state index contributed by atoms with van der Waals surface area (Å²) in [5.41, 5.74) is 1.17. The van der Waals surface area contributed by atoms with Gasteiger partial charge in [-0.25, -0.2) is 4.39 Å². The lowest BCUT2D eigenvalue weighted by molar-refractivity contribution is -0.117. The van der Waals surface area contributed by atoms with Crippen molar-refractivity contribution >= 4 is 23.2 Å². The molecule has 9 heteroatoms. The van der Waals surface area contributed by atoms with Crippen LogP contribution >= 0.6 is 11.6 Å². The molecule has 0 spiro atoms. The first-order valence-corrected chi connectivity index (χ1v) is 7.58. The fraction of sp³-hybridized carbons (Fsp3) is 0.200. The van der Waals surface area contributed by atoms with Crippen LogP contribution in [0.3, 0.4) is 0 Å². The van der Waals surface area contributed by atoms with E-state index in [4.69, 9.17) is 16.1 Å². The SMILES string of the molecule is O=C1C[C@@H](c2nc(-c3ccc(F)cc3Cl)no2)CN1c1cn[nH]c1. The Morgan fingerprint density at radius 3 is 3.04 bits per heavy atom. The first-order chi connectivity index (χ1) is 11.6. The van der Waals surface area contributed by atoms with Crippen molar-refractivity contribution in [2.24, 2.45) is 0 Å². The van der Waals surface area contributed by atoms with E-state index < -0.39 is 5.82 Å². The lowest BCUT2D eigenvalue weighted by Gasteiger charge is -2.12. The number of nitrogens with one attached hydrogen (secondary N) is 1. The van der Waals surface area contributed by atoms with Crippen LogP contribution in [-0.4, -0.2) is 32.8 Å². The summed E-state index contributed by atoms with van der Waals surface area (Å²) in [4.78, 5) is 18.1. The number of anilines is 1. The van der Waals surface area contributed by atoms with Gasteiger partial charge in [0.05, 0.1) is 22.8 Å². The average Bonchev–Trinajstić information content (AvgIpc) is 3.26. The van der Waals surface area contributed by atoms with Gasteiger partial charge in [0, 0.05) is 24.7 Å². The fourth-order valence-electron chi connectivity index (χ4n) is 2.70. The Labute approximate surface area is 140 Å². The molecule has 3 aromatic rings. The molecule has 1 aromatic carbocycles. The fourth-order valence-corrected chi connectivity index (χ4v) is 2.95. The van der Waals surface area contributed by atoms with Gasteiger partial charge in [-0.1, -0.05) is 16.8 Å². The maximum atomic E-state index is 13.1. The van der Waals surface area contributed by atoms with Crippen LogP contribution in [0.2, 0.25) is 5.02 Å². The molecule has 0 bridgehead atoms. The summed E-state index contributed by atoms with van der Waals surface area (Å²) in [5.74, 6) is -0.0765. The number of hydrogen-bond acceptors (Lipinski definition) is 5. The Kier molecular flexibility index (Phi) is 3.53. The smallest absolute Gasteiger partial charge is 0.232 e. The number of aromatic nitrogens is 4. The summed E-state index contributed by atoms with van der Waals surface area (Å²) in [6.45, 7) is 0.428. The van der Waals surface area contributed by atoms with Gasteiger partial charge in [-0.15, -0.1) is 0 Å². The van der Waals surface area contributed by atoms with Gasteiger partial charge in [0.2, 0.25) is 17.6 Å². The van der Waals surface area contributed by atoms with E-state index in [9.17, 15) is 9.18 Å². The van der Waals surface area contributed by atoms with E-state index >= 15 is 0 Å². The Bertz CT molecular complexity index is 895. The van der Waals surface area contributed by atoms with Crippen molar-refractivity contribution in [2.75, 3.05) is 11.4 Å². The summed E-state index contributed by atoms with van der Waals surface area (Å²) < 4.78 is 18.4. The molecule has 2 aromatic heterocycles. The van der Waals surface area contributed by atoms with Gasteiger partial charge in [0.25, 0.3) is 0 Å². The molecule has 1 N–H and O–H groups in total. The van der Waals surface area contributed by atoms with Gasteiger partial charge in [-0.05, 0) is 18.2 Å². The van der Waals surface area contributed by atoms with E-state index in [1.165, 1.54) is 18.2 Å². The van der Waals surface area contributed by atoms with Crippen LogP contribution in [0.15, 0.2) is 35.1 Å². The van der Waals surface area contributed by atoms with E-state index in [0.717, 1.165) is 0 Å². The average molecular weight is 348 g/mol. The Morgan fingerprint density at radius 2 is 2.29 bits per heavy atom. The lowest BCUT2D eigenvalue weighted by atomic mass is 10.1. The van der Waals surface area contributed by atoms with Crippen molar-refractivity contribution in [3.63, 3.8) is 0 Å². The third-order valence-electron chi connectivity index (χ3n) is 3.88. The van der Waals surface area contributed by atoms with Gasteiger partial charge in [-0.2, -0.15) is 10.1 Å². The van der Waals surface area contributed by atoms with Crippen molar-refractivity contribution in [1.82, 2.24) is 20.3 Å². The predicted molar refractivity (Wildman–Crippen MR) is 83.0 cm³/mol. The molecule has 1 atom stereocenters. The van der Waals surface area contributed by atoms with E-state index in [0.29, 0.717) is 23.7 Å². The zero-order valence-electron chi connectivity index (χ0n) is 12.2. The van der Waals surface area contributed by atoms with Gasteiger partial charge < -0.3 is 9.42 Å². The summed E-state index contributed by atoms with van der Waals surface area (Å²) in [7, 11) is 0. The lowest BCUT2D eigenvalue weighted by Crippen LogP contribution is -2.23. The monoisotopic (exact) mass is 347 g/mol. The zero-order chi connectivity index (χ0) is 16.7. The molecule has 1 aliphatic heterocycles. The predicted octanol–water partition coefficient (Wildman–Crippen LogP) is 2.77. The number of nitrogens with zero attached hydrogens (tertiary/aromatic N) is 4. The molecule has 3 heterocycles. The van der Waals surface area contributed by atoms with E-state index in [1.807, 2.05) is 0 Å². The largest absolute Gasteiger partial charge is 0.339 e. The number of aromatic amines is 1. The minimum atomic E-state index is -0.440. The van der Waals surface area contributed by atoms with Crippen molar-refractivity contribution in [3.8, 4) is 11.4 Å². The minimum Gasteiger partial charge on any atom is -0.339 e. The quantitative estimate of drug-likeness (QED) is 0.787. The zero-order valence-corrected chi connectivity index (χ0v) is 13.0. The second-order valence-corrected chi connectivity index (χ2v) is 5.85. The molecule has 4 rings (SSSR count). The highest BCUT2D eigenvalue weighted by Gasteiger charge is 2.35. The molecule has 1 fully saturated rings. The maximum absolute atomic E-state index is 13.1. The molecular weight excluding hydrogens is 337 g/mol. The number of rotatable bonds is 3. The number of amides is 1. The molecular formula is C15H11ClFN5O2. The third kappa shape index (κ3) is 2.54. The number of halogens is 2. The normalized spacial score (nSPS) is 17.7. The standard InChI is InChI=1S/C15H11ClFN5O2/c16-12-4-9(17)1-2-11(12)14-20-15(24-21-14)8-3-13(23)22(7-8)10-5-18-19-6-10/h1-2,4-6,8H,3,7H2,(H,18,19)/t8-/m1/s1. The van der Waals surface area contributed by atoms with Gasteiger partial charge in [0.1, 0.15) is 5.82 Å². The van der Waals surface area contributed by atoms with Crippen LogP contribution in [0.4, 0.5) is 10.1 Å². The van der Waals surface area contributed by atoms with E-state index in [2.05, 4.69) is 20.3 Å². The van der Waals surface area contributed by atoms with Crippen LogP contribution in [0.25, 0.3) is 11.4 Å². The third-order valence-corrected chi connectivity index (χ3v) is 4.20. The first-order valence-electron chi connectivity index (χ1n) is 7.20. The number of H-pyrrole nitrogens is 1. The maximum Gasteiger partial charge on any atom is 0.232 e. The Morgan fingerprint density at radius 1 is 1.42 bits per heavy atom. The molecule has 0 unspecified atom stereocenters. The molecule has 7 nitrogen and oxygen atoms in total. The number of benzene rings is 1. The molecule has 122 valence electrons. The highest BCUT2D eigenvalue weighted by Crippen LogP contribution is 2.32. The topological polar surface area (TPSA) is 87.9 Å². The van der Waals surface area contributed by atoms with Gasteiger partial charge >= 0.3 is 0 Å². The summed E-state index contributed by atoms with van der Waals surface area (Å²) >= 11 is 6.01. The summed E-state index contributed by atoms with van der Waals surface area (Å²) in [6.07, 6.45) is 3.50. The van der Waals surface area contributed by atoms with Gasteiger partial charge in [0.15, 0.2) is 0 Å². The van der Waals surface area contributed by atoms with Crippen LogP contribution in [0.1, 0.15) is 18.2 Å². The minimum absolute atomic E-state index is 0.0408. The van der Waals surface area contributed by atoms with Crippen LogP contribution in [0, 0.1) is 5.82 Å². The Hall–Kier alpha value is -2.74. The van der Waals surface area contributed by atoms with Crippen molar-refractivity contribution in [1.29, 1.82) is 0 Å². The van der Waals surface area contributed by atoms with Crippen molar-refractivity contribution < 1.29 is 13.7 Å². The molecule has 0 aliphatic carbocycles. The molecule has 1 amide bonds. The summed E-state index contributed by atoms with van der Waals surface area (Å²) in [6, 6.07) is 3.95. The van der Waals surface area contributed by atoms with Crippen LogP contribution in [-0.2, 0) is 4.79 Å². The molecule has 0 saturated carbocycles. The van der Waals surface area contributed by atoms with Crippen LogP contribution in [0.5, 0.6) is 0 Å². The molecule has 24 heavy (non-hydrogen) atoms. The first kappa shape index (κ1) is 14.8. The highest BCUT2D eigenvalue weighted by atomic mass is 35.5. The van der Waals surface area contributed by atoms with Gasteiger partial charge in [-0.3, -0.25) is 9.89 Å². The molecule has 1 saturated heterocycles. The number of hydrogen-bond donors (Lipinski definition) is 1. The van der Waals surface area contributed by atoms with Crippen molar-refractivity contribution in [2.45, 2.75) is 12.3 Å². The number of carbonyl (C=O) groups excluding carboxylic acids is 1.